The maximum atomic E-state index is 13.1. The molecule has 112 valence electrons. The van der Waals surface area contributed by atoms with Gasteiger partial charge in [-0.05, 0) is 42.8 Å². The van der Waals surface area contributed by atoms with Crippen LogP contribution in [-0.2, 0) is 0 Å². The molecule has 4 heteroatoms. The van der Waals surface area contributed by atoms with Gasteiger partial charge in [0.1, 0.15) is 23.3 Å². The number of nitrogens with zero attached hydrogens (tertiary/aromatic N) is 2. The van der Waals surface area contributed by atoms with Gasteiger partial charge in [-0.15, -0.1) is 0 Å². The molecule has 0 unspecified atom stereocenters. The van der Waals surface area contributed by atoms with Crippen molar-refractivity contribution in [1.29, 1.82) is 5.26 Å². The molecule has 3 nitrogen and oxygen atoms in total. The lowest BCUT2D eigenvalue weighted by Gasteiger charge is -2.11. The standard InChI is InChI=1S/C19H14FN3/c1-12-3-2-4-14(9-12)16-10-18(23-19(22)17(16)11-21)13-5-7-15(20)8-6-13/h2-10H,1H3,(H2,22,23). The van der Waals surface area contributed by atoms with E-state index in [2.05, 4.69) is 11.1 Å². The number of pyridine rings is 1. The maximum absolute atomic E-state index is 13.1. The third-order valence-corrected chi connectivity index (χ3v) is 3.63. The molecule has 0 aliphatic heterocycles. The second kappa shape index (κ2) is 5.90. The molecule has 3 rings (SSSR count). The molecule has 0 bridgehead atoms. The molecule has 0 spiro atoms. The molecule has 0 amide bonds. The number of rotatable bonds is 2. The third-order valence-electron chi connectivity index (χ3n) is 3.63. The van der Waals surface area contributed by atoms with Crippen LogP contribution in [0.2, 0.25) is 0 Å². The highest BCUT2D eigenvalue weighted by Gasteiger charge is 2.13. The summed E-state index contributed by atoms with van der Waals surface area (Å²) >= 11 is 0. The Morgan fingerprint density at radius 1 is 1.04 bits per heavy atom. The van der Waals surface area contributed by atoms with Crippen molar-refractivity contribution in [3.05, 3.63) is 71.5 Å². The quantitative estimate of drug-likeness (QED) is 0.767. The lowest BCUT2D eigenvalue weighted by molar-refractivity contribution is 0.628. The normalized spacial score (nSPS) is 10.3. The largest absolute Gasteiger partial charge is 0.383 e. The summed E-state index contributed by atoms with van der Waals surface area (Å²) < 4.78 is 13.1. The third kappa shape index (κ3) is 2.90. The molecule has 23 heavy (non-hydrogen) atoms. The molecule has 0 saturated carbocycles. The average molecular weight is 303 g/mol. The van der Waals surface area contributed by atoms with Crippen molar-refractivity contribution in [1.82, 2.24) is 4.98 Å². The Bertz CT molecular complexity index is 909. The summed E-state index contributed by atoms with van der Waals surface area (Å²) in [6, 6.07) is 17.8. The molecule has 0 atom stereocenters. The van der Waals surface area contributed by atoms with Gasteiger partial charge in [0.2, 0.25) is 0 Å². The van der Waals surface area contributed by atoms with Crippen LogP contribution >= 0.6 is 0 Å². The smallest absolute Gasteiger partial charge is 0.142 e. The highest BCUT2D eigenvalue weighted by molar-refractivity contribution is 5.80. The first-order chi connectivity index (χ1) is 11.1. The van der Waals surface area contributed by atoms with Gasteiger partial charge in [0.15, 0.2) is 0 Å². The van der Waals surface area contributed by atoms with Crippen LogP contribution in [0, 0.1) is 24.1 Å². The summed E-state index contributed by atoms with van der Waals surface area (Å²) in [5.74, 6) is -0.139. The molecule has 0 fully saturated rings. The molecule has 3 aromatic rings. The number of aromatic nitrogens is 1. The molecule has 1 aromatic heterocycles. The van der Waals surface area contributed by atoms with Gasteiger partial charge in [0, 0.05) is 11.1 Å². The number of benzene rings is 2. The van der Waals surface area contributed by atoms with Crippen LogP contribution in [0.15, 0.2) is 54.6 Å². The van der Waals surface area contributed by atoms with Crippen LogP contribution in [0.4, 0.5) is 10.2 Å². The predicted octanol–water partition coefficient (Wildman–Crippen LogP) is 4.32. The number of hydrogen-bond acceptors (Lipinski definition) is 3. The maximum Gasteiger partial charge on any atom is 0.142 e. The van der Waals surface area contributed by atoms with Gasteiger partial charge in [0.25, 0.3) is 0 Å². The van der Waals surface area contributed by atoms with E-state index in [-0.39, 0.29) is 11.6 Å². The molecule has 0 saturated heterocycles. The van der Waals surface area contributed by atoms with Crippen LogP contribution < -0.4 is 5.73 Å². The van der Waals surface area contributed by atoms with Gasteiger partial charge in [0.05, 0.1) is 5.69 Å². The number of nitriles is 1. The average Bonchev–Trinajstić information content (AvgIpc) is 2.55. The minimum Gasteiger partial charge on any atom is -0.383 e. The molecular formula is C19H14FN3. The van der Waals surface area contributed by atoms with E-state index in [1.807, 2.05) is 37.3 Å². The highest BCUT2D eigenvalue weighted by Crippen LogP contribution is 2.31. The molecule has 2 aromatic carbocycles. The minimum atomic E-state index is -0.311. The first kappa shape index (κ1) is 14.7. The first-order valence-corrected chi connectivity index (χ1v) is 7.12. The molecular weight excluding hydrogens is 289 g/mol. The van der Waals surface area contributed by atoms with Crippen molar-refractivity contribution >= 4 is 5.82 Å². The topological polar surface area (TPSA) is 62.7 Å². The zero-order valence-corrected chi connectivity index (χ0v) is 12.5. The Hall–Kier alpha value is -3.19. The van der Waals surface area contributed by atoms with Gasteiger partial charge in [-0.25, -0.2) is 9.37 Å². The van der Waals surface area contributed by atoms with E-state index in [1.165, 1.54) is 12.1 Å². The number of nitrogens with two attached hydrogens (primary N) is 1. The monoisotopic (exact) mass is 303 g/mol. The van der Waals surface area contributed by atoms with Crippen molar-refractivity contribution < 1.29 is 4.39 Å². The Kier molecular flexibility index (Phi) is 3.78. The van der Waals surface area contributed by atoms with Gasteiger partial charge in [-0.3, -0.25) is 0 Å². The summed E-state index contributed by atoms with van der Waals surface area (Å²) in [4.78, 5) is 4.29. The van der Waals surface area contributed by atoms with E-state index in [9.17, 15) is 9.65 Å². The molecule has 1 heterocycles. The number of anilines is 1. The zero-order chi connectivity index (χ0) is 16.4. The molecule has 2 N–H and O–H groups in total. The fourth-order valence-electron chi connectivity index (χ4n) is 2.49. The summed E-state index contributed by atoms with van der Waals surface area (Å²) in [6.07, 6.45) is 0. The Balaban J connectivity index is 2.22. The van der Waals surface area contributed by atoms with Gasteiger partial charge in [-0.2, -0.15) is 5.26 Å². The second-order valence-electron chi connectivity index (χ2n) is 5.30. The van der Waals surface area contributed by atoms with Crippen molar-refractivity contribution in [3.63, 3.8) is 0 Å². The Morgan fingerprint density at radius 2 is 1.78 bits per heavy atom. The van der Waals surface area contributed by atoms with E-state index in [0.717, 1.165) is 22.3 Å². The zero-order valence-electron chi connectivity index (χ0n) is 12.5. The Labute approximate surface area is 133 Å². The Morgan fingerprint density at radius 3 is 2.43 bits per heavy atom. The lowest BCUT2D eigenvalue weighted by Crippen LogP contribution is -2.00. The fraction of sp³-hybridized carbons (Fsp3) is 0.0526. The fourth-order valence-corrected chi connectivity index (χ4v) is 2.49. The van der Waals surface area contributed by atoms with E-state index >= 15 is 0 Å². The molecule has 0 aliphatic rings. The molecule has 0 aliphatic carbocycles. The molecule has 0 radical (unpaired) electrons. The van der Waals surface area contributed by atoms with Crippen LogP contribution in [-0.4, -0.2) is 4.98 Å². The summed E-state index contributed by atoms with van der Waals surface area (Å²) in [6.45, 7) is 1.99. The highest BCUT2D eigenvalue weighted by atomic mass is 19.1. The second-order valence-corrected chi connectivity index (χ2v) is 5.30. The minimum absolute atomic E-state index is 0.172. The van der Waals surface area contributed by atoms with Crippen LogP contribution in [0.1, 0.15) is 11.1 Å². The summed E-state index contributed by atoms with van der Waals surface area (Å²) in [5.41, 5.74) is 10.4. The number of aryl methyl sites for hydroxylation is 1. The van der Waals surface area contributed by atoms with Crippen LogP contribution in [0.25, 0.3) is 22.4 Å². The number of hydrogen-bond donors (Lipinski definition) is 1. The lowest BCUT2D eigenvalue weighted by atomic mass is 9.97. The number of nitrogen functional groups attached to an aromatic ring is 1. The predicted molar refractivity (Wildman–Crippen MR) is 88.9 cm³/mol. The van der Waals surface area contributed by atoms with Crippen LogP contribution in [0.3, 0.4) is 0 Å². The van der Waals surface area contributed by atoms with E-state index in [1.54, 1.807) is 12.1 Å². The number of halogens is 1. The van der Waals surface area contributed by atoms with Crippen molar-refractivity contribution in [2.45, 2.75) is 6.92 Å². The van der Waals surface area contributed by atoms with Gasteiger partial charge < -0.3 is 5.73 Å². The van der Waals surface area contributed by atoms with Crippen molar-refractivity contribution in [3.8, 4) is 28.5 Å². The van der Waals surface area contributed by atoms with Crippen molar-refractivity contribution in [2.75, 3.05) is 5.73 Å². The van der Waals surface area contributed by atoms with Gasteiger partial charge in [-0.1, -0.05) is 29.8 Å². The summed E-state index contributed by atoms with van der Waals surface area (Å²) in [7, 11) is 0. The van der Waals surface area contributed by atoms with Crippen molar-refractivity contribution in [2.24, 2.45) is 0 Å². The SMILES string of the molecule is Cc1cccc(-c2cc(-c3ccc(F)cc3)nc(N)c2C#N)c1. The first-order valence-electron chi connectivity index (χ1n) is 7.12. The van der Waals surface area contributed by atoms with Crippen LogP contribution in [0.5, 0.6) is 0 Å². The van der Waals surface area contributed by atoms with E-state index in [0.29, 0.717) is 11.3 Å². The van der Waals surface area contributed by atoms with Gasteiger partial charge >= 0.3 is 0 Å². The summed E-state index contributed by atoms with van der Waals surface area (Å²) in [5, 5.41) is 9.41. The van der Waals surface area contributed by atoms with E-state index in [4.69, 9.17) is 5.73 Å². The van der Waals surface area contributed by atoms with E-state index < -0.39 is 0 Å².